The average Bonchev–Trinajstić information content (AvgIpc) is 2.60. The third kappa shape index (κ3) is 4.43. The Kier molecular flexibility index (Phi) is 6.52. The van der Waals surface area contributed by atoms with E-state index in [9.17, 15) is 13.2 Å². The molecule has 0 saturated carbocycles. The van der Waals surface area contributed by atoms with Crippen molar-refractivity contribution in [2.75, 3.05) is 26.7 Å². The summed E-state index contributed by atoms with van der Waals surface area (Å²) in [7, 11) is -2.18. The van der Waals surface area contributed by atoms with Crippen molar-refractivity contribution < 1.29 is 17.9 Å². The fourth-order valence-electron chi connectivity index (χ4n) is 2.72. The lowest BCUT2D eigenvalue weighted by atomic mass is 10.1. The predicted octanol–water partition coefficient (Wildman–Crippen LogP) is 0.0984. The third-order valence-electron chi connectivity index (χ3n) is 4.00. The lowest BCUT2D eigenvalue weighted by Crippen LogP contribution is -2.49. The summed E-state index contributed by atoms with van der Waals surface area (Å²) in [5, 5.41) is 2.76. The van der Waals surface area contributed by atoms with E-state index >= 15 is 0 Å². The number of aromatic nitrogens is 1. The van der Waals surface area contributed by atoms with Gasteiger partial charge in [-0.2, -0.15) is 4.31 Å². The van der Waals surface area contributed by atoms with Gasteiger partial charge in [0.15, 0.2) is 0 Å². The van der Waals surface area contributed by atoms with Crippen molar-refractivity contribution in [3.05, 3.63) is 18.3 Å². The summed E-state index contributed by atoms with van der Waals surface area (Å²) >= 11 is 0. The number of ether oxygens (including phenoxy) is 1. The van der Waals surface area contributed by atoms with Crippen LogP contribution >= 0.6 is 0 Å². The molecule has 9 heteroatoms. The SMILES string of the molecule is COc1ccc(S(=O)(=O)N2CCCCC2CNC(=O)CCN)cn1. The molecule has 0 spiro atoms. The summed E-state index contributed by atoms with van der Waals surface area (Å²) in [6.07, 6.45) is 3.99. The molecule has 0 bridgehead atoms. The highest BCUT2D eigenvalue weighted by molar-refractivity contribution is 7.89. The molecule has 1 atom stereocenters. The quantitative estimate of drug-likeness (QED) is 0.716. The van der Waals surface area contributed by atoms with Crippen LogP contribution in [0.25, 0.3) is 0 Å². The Bertz CT molecular complexity index is 648. The second-order valence-corrected chi connectivity index (χ2v) is 7.53. The van der Waals surface area contributed by atoms with Crippen LogP contribution in [0.5, 0.6) is 5.88 Å². The van der Waals surface area contributed by atoms with Gasteiger partial charge in [0.2, 0.25) is 21.8 Å². The fraction of sp³-hybridized carbons (Fsp3) is 0.600. The van der Waals surface area contributed by atoms with Gasteiger partial charge in [-0.15, -0.1) is 0 Å². The van der Waals surface area contributed by atoms with Gasteiger partial charge in [-0.25, -0.2) is 13.4 Å². The Hall–Kier alpha value is -1.71. The normalized spacial score (nSPS) is 19.0. The molecule has 1 unspecified atom stereocenters. The van der Waals surface area contributed by atoms with Gasteiger partial charge in [-0.3, -0.25) is 4.79 Å². The minimum atomic E-state index is -3.66. The number of carbonyl (C=O) groups excluding carboxylic acids is 1. The zero-order valence-corrected chi connectivity index (χ0v) is 14.6. The molecule has 3 N–H and O–H groups in total. The van der Waals surface area contributed by atoms with Gasteiger partial charge in [-0.1, -0.05) is 6.42 Å². The van der Waals surface area contributed by atoms with E-state index in [1.165, 1.54) is 29.7 Å². The zero-order chi connectivity index (χ0) is 17.6. The van der Waals surface area contributed by atoms with Crippen molar-refractivity contribution in [3.8, 4) is 5.88 Å². The minimum absolute atomic E-state index is 0.128. The van der Waals surface area contributed by atoms with Gasteiger partial charge >= 0.3 is 0 Å². The van der Waals surface area contributed by atoms with E-state index in [1.807, 2.05) is 0 Å². The largest absolute Gasteiger partial charge is 0.481 e. The molecule has 1 saturated heterocycles. The maximum Gasteiger partial charge on any atom is 0.244 e. The molecule has 8 nitrogen and oxygen atoms in total. The fourth-order valence-corrected chi connectivity index (χ4v) is 4.36. The van der Waals surface area contributed by atoms with Gasteiger partial charge < -0.3 is 15.8 Å². The maximum absolute atomic E-state index is 12.9. The first-order chi connectivity index (χ1) is 11.5. The van der Waals surface area contributed by atoms with E-state index in [4.69, 9.17) is 10.5 Å². The summed E-state index contributed by atoms with van der Waals surface area (Å²) in [5.41, 5.74) is 5.35. The molecule has 2 rings (SSSR count). The van der Waals surface area contributed by atoms with Crippen molar-refractivity contribution >= 4 is 15.9 Å². The molecule has 24 heavy (non-hydrogen) atoms. The summed E-state index contributed by atoms with van der Waals surface area (Å²) in [6.45, 7) is 1.00. The Morgan fingerprint density at radius 1 is 1.46 bits per heavy atom. The molecule has 2 heterocycles. The molecule has 1 amide bonds. The highest BCUT2D eigenvalue weighted by Crippen LogP contribution is 2.25. The van der Waals surface area contributed by atoms with Crippen molar-refractivity contribution in [1.82, 2.24) is 14.6 Å². The monoisotopic (exact) mass is 356 g/mol. The van der Waals surface area contributed by atoms with E-state index in [1.54, 1.807) is 0 Å². The Morgan fingerprint density at radius 2 is 2.25 bits per heavy atom. The second kappa shape index (κ2) is 8.41. The lowest BCUT2D eigenvalue weighted by molar-refractivity contribution is -0.121. The summed E-state index contributed by atoms with van der Waals surface area (Å²) in [6, 6.07) is 2.75. The Balaban J connectivity index is 2.13. The lowest BCUT2D eigenvalue weighted by Gasteiger charge is -2.34. The first kappa shape index (κ1) is 18.6. The number of sulfonamides is 1. The van der Waals surface area contributed by atoms with Gasteiger partial charge in [-0.05, 0) is 18.9 Å². The Morgan fingerprint density at radius 3 is 2.88 bits per heavy atom. The molecular weight excluding hydrogens is 332 g/mol. The first-order valence-corrected chi connectivity index (χ1v) is 9.41. The second-order valence-electron chi connectivity index (χ2n) is 5.64. The van der Waals surface area contributed by atoms with Crippen LogP contribution in [0.15, 0.2) is 23.2 Å². The third-order valence-corrected chi connectivity index (χ3v) is 5.94. The van der Waals surface area contributed by atoms with E-state index < -0.39 is 10.0 Å². The van der Waals surface area contributed by atoms with Crippen LogP contribution in [0.3, 0.4) is 0 Å². The van der Waals surface area contributed by atoms with E-state index in [0.717, 1.165) is 12.8 Å². The molecule has 134 valence electrons. The molecule has 0 aliphatic carbocycles. The molecule has 0 radical (unpaired) electrons. The van der Waals surface area contributed by atoms with Crippen molar-refractivity contribution in [2.24, 2.45) is 5.73 Å². The van der Waals surface area contributed by atoms with E-state index in [-0.39, 0.29) is 29.8 Å². The number of rotatable bonds is 7. The first-order valence-electron chi connectivity index (χ1n) is 7.97. The summed E-state index contributed by atoms with van der Waals surface area (Å²) in [5.74, 6) is 0.199. The minimum Gasteiger partial charge on any atom is -0.481 e. The van der Waals surface area contributed by atoms with Gasteiger partial charge in [0.05, 0.1) is 13.3 Å². The number of methoxy groups -OCH3 is 1. The number of hydrogen-bond acceptors (Lipinski definition) is 6. The highest BCUT2D eigenvalue weighted by atomic mass is 32.2. The highest BCUT2D eigenvalue weighted by Gasteiger charge is 2.33. The molecule has 1 aromatic rings. The molecule has 1 aliphatic rings. The van der Waals surface area contributed by atoms with Gasteiger partial charge in [0, 0.05) is 38.2 Å². The number of nitrogens with one attached hydrogen (secondary N) is 1. The number of amides is 1. The predicted molar refractivity (Wildman–Crippen MR) is 89.0 cm³/mol. The number of hydrogen-bond donors (Lipinski definition) is 2. The summed E-state index contributed by atoms with van der Waals surface area (Å²) in [4.78, 5) is 15.7. The molecule has 0 aromatic carbocycles. The van der Waals surface area contributed by atoms with Crippen LogP contribution in [0.1, 0.15) is 25.7 Å². The number of nitrogens with two attached hydrogens (primary N) is 1. The standard InChI is InChI=1S/C15H24N4O4S/c1-23-15-6-5-13(11-18-15)24(21,22)19-9-3-2-4-12(19)10-17-14(20)7-8-16/h5-6,11-12H,2-4,7-10,16H2,1H3,(H,17,20). The smallest absolute Gasteiger partial charge is 0.244 e. The van der Waals surface area contributed by atoms with Crippen LogP contribution < -0.4 is 15.8 Å². The van der Waals surface area contributed by atoms with Crippen LogP contribution in [0.2, 0.25) is 0 Å². The van der Waals surface area contributed by atoms with Gasteiger partial charge in [0.1, 0.15) is 4.90 Å². The average molecular weight is 356 g/mol. The van der Waals surface area contributed by atoms with Crippen LogP contribution in [-0.4, -0.2) is 56.4 Å². The van der Waals surface area contributed by atoms with E-state index in [2.05, 4.69) is 10.3 Å². The van der Waals surface area contributed by atoms with Gasteiger partial charge in [0.25, 0.3) is 0 Å². The number of piperidine rings is 1. The van der Waals surface area contributed by atoms with Crippen LogP contribution in [-0.2, 0) is 14.8 Å². The van der Waals surface area contributed by atoms with Crippen molar-refractivity contribution in [2.45, 2.75) is 36.6 Å². The zero-order valence-electron chi connectivity index (χ0n) is 13.8. The molecule has 1 aliphatic heterocycles. The van der Waals surface area contributed by atoms with Crippen LogP contribution in [0.4, 0.5) is 0 Å². The van der Waals surface area contributed by atoms with E-state index in [0.29, 0.717) is 25.4 Å². The molecule has 1 fully saturated rings. The maximum atomic E-state index is 12.9. The van der Waals surface area contributed by atoms with Crippen molar-refractivity contribution in [1.29, 1.82) is 0 Å². The summed E-state index contributed by atoms with van der Waals surface area (Å²) < 4.78 is 32.2. The van der Waals surface area contributed by atoms with Crippen LogP contribution in [0, 0.1) is 0 Å². The topological polar surface area (TPSA) is 115 Å². The number of nitrogens with zero attached hydrogens (tertiary/aromatic N) is 2. The Labute approximate surface area is 142 Å². The number of carbonyl (C=O) groups is 1. The molecule has 1 aromatic heterocycles. The van der Waals surface area contributed by atoms with Crippen molar-refractivity contribution in [3.63, 3.8) is 0 Å². The molecular formula is C15H24N4O4S. The number of pyridine rings is 1.